The monoisotopic (exact) mass is 563 g/mol. The number of carbonyl (C=O) groups excluding carboxylic acids is 3. The highest BCUT2D eigenvalue weighted by Gasteiger charge is 2.72. The molecule has 208 valence electrons. The normalized spacial score (nSPS) is 21.2. The number of alkyl halides is 3. The van der Waals surface area contributed by atoms with E-state index in [0.717, 1.165) is 22.6 Å². The van der Waals surface area contributed by atoms with Crippen LogP contribution in [0.25, 0.3) is 0 Å². The Balaban J connectivity index is 1.81. The first-order chi connectivity index (χ1) is 18.1. The van der Waals surface area contributed by atoms with Crippen molar-refractivity contribution in [2.45, 2.75) is 56.6 Å². The number of allylic oxidation sites excluding steroid dienone is 1. The minimum Gasteiger partial charge on any atom is -0.326 e. The number of Topliss-reactive ketones (excluding diaryl/α,β-unsaturated/α-hetero) is 1. The van der Waals surface area contributed by atoms with E-state index >= 15 is 0 Å². The third kappa shape index (κ3) is 5.35. The Morgan fingerprint density at radius 3 is 2.18 bits per heavy atom. The van der Waals surface area contributed by atoms with Gasteiger partial charge in [0.15, 0.2) is 5.78 Å². The topological polar surface area (TPSA) is 113 Å². The molecule has 2 aromatic rings. The quantitative estimate of drug-likeness (QED) is 0.530. The summed E-state index contributed by atoms with van der Waals surface area (Å²) >= 11 is 0. The van der Waals surface area contributed by atoms with Crippen LogP contribution in [-0.4, -0.2) is 49.2 Å². The lowest BCUT2D eigenvalue weighted by Gasteiger charge is -2.35. The van der Waals surface area contributed by atoms with Crippen LogP contribution >= 0.6 is 0 Å². The molecule has 0 saturated heterocycles. The summed E-state index contributed by atoms with van der Waals surface area (Å²) < 4.78 is 73.2. The van der Waals surface area contributed by atoms with Crippen molar-refractivity contribution in [3.05, 3.63) is 71.4 Å². The first kappa shape index (κ1) is 28.5. The van der Waals surface area contributed by atoms with Gasteiger partial charge in [0.1, 0.15) is 0 Å². The second-order valence-electron chi connectivity index (χ2n) is 10.5. The van der Waals surface area contributed by atoms with Gasteiger partial charge in [-0.2, -0.15) is 17.9 Å². The summed E-state index contributed by atoms with van der Waals surface area (Å²) in [5.74, 6) is -2.91. The van der Waals surface area contributed by atoms with E-state index in [1.807, 2.05) is 0 Å². The van der Waals surface area contributed by atoms with Crippen LogP contribution < -0.4 is 10.0 Å². The van der Waals surface area contributed by atoms with Crippen molar-refractivity contribution in [1.82, 2.24) is 9.62 Å². The number of anilines is 1. The molecule has 0 spiro atoms. The zero-order chi connectivity index (χ0) is 28.8. The number of hydrogen-bond acceptors (Lipinski definition) is 5. The summed E-state index contributed by atoms with van der Waals surface area (Å²) in [5, 5.41) is 2.43. The minimum absolute atomic E-state index is 0.0143. The fourth-order valence-corrected chi connectivity index (χ4v) is 6.42. The van der Waals surface area contributed by atoms with Gasteiger partial charge in [-0.15, -0.1) is 0 Å². The smallest absolute Gasteiger partial charge is 0.326 e. The number of nitrogens with one attached hydrogen (secondary N) is 2. The van der Waals surface area contributed by atoms with Gasteiger partial charge in [0.25, 0.3) is 5.91 Å². The first-order valence-corrected chi connectivity index (χ1v) is 13.7. The highest BCUT2D eigenvalue weighted by molar-refractivity contribution is 7.89. The molecule has 0 radical (unpaired) electrons. The van der Waals surface area contributed by atoms with E-state index in [4.69, 9.17) is 0 Å². The molecule has 1 heterocycles. The molecule has 1 aliphatic carbocycles. The number of halogens is 3. The molecule has 12 heteroatoms. The molecular weight excluding hydrogens is 535 g/mol. The molecule has 1 unspecified atom stereocenters. The maximum absolute atomic E-state index is 15.0. The Bertz CT molecular complexity index is 1450. The highest BCUT2D eigenvalue weighted by Crippen LogP contribution is 2.52. The zero-order valence-corrected chi connectivity index (χ0v) is 22.4. The van der Waals surface area contributed by atoms with Crippen molar-refractivity contribution in [3.63, 3.8) is 0 Å². The number of amides is 2. The zero-order valence-electron chi connectivity index (χ0n) is 21.6. The molecule has 0 bridgehead atoms. The van der Waals surface area contributed by atoms with Crippen LogP contribution in [-0.2, 0) is 30.8 Å². The number of sulfonamides is 1. The molecule has 2 aliphatic rings. The second kappa shape index (κ2) is 9.91. The predicted octanol–water partition coefficient (Wildman–Crippen LogP) is 3.95. The van der Waals surface area contributed by atoms with E-state index < -0.39 is 55.2 Å². The molecule has 39 heavy (non-hydrogen) atoms. The van der Waals surface area contributed by atoms with E-state index in [9.17, 15) is 36.0 Å². The Morgan fingerprint density at radius 1 is 1.00 bits per heavy atom. The lowest BCUT2D eigenvalue weighted by Crippen LogP contribution is -2.66. The molecule has 1 aliphatic heterocycles. The van der Waals surface area contributed by atoms with E-state index in [2.05, 4.69) is 5.32 Å². The van der Waals surface area contributed by atoms with Crippen LogP contribution in [0.1, 0.15) is 39.2 Å². The van der Waals surface area contributed by atoms with Gasteiger partial charge in [0.05, 0.1) is 10.5 Å². The fourth-order valence-electron chi connectivity index (χ4n) is 5.09. The molecule has 2 N–H and O–H groups in total. The van der Waals surface area contributed by atoms with Gasteiger partial charge in [-0.05, 0) is 48.1 Å². The Hall–Kier alpha value is -3.51. The summed E-state index contributed by atoms with van der Waals surface area (Å²) in [5.41, 5.74) is -4.50. The van der Waals surface area contributed by atoms with Crippen molar-refractivity contribution in [2.24, 2.45) is 5.41 Å². The van der Waals surface area contributed by atoms with Gasteiger partial charge in [-0.1, -0.05) is 44.2 Å². The SMILES string of the molecule is CC(=O)Nc1ccc(S(=O)(=O)NC2(C(F)(F)F)C(=O)N(CCc3ccccc3)C3=C2C(=O)CC(C)(C)C3)cc1. The van der Waals surface area contributed by atoms with Crippen LogP contribution in [0.15, 0.2) is 70.8 Å². The van der Waals surface area contributed by atoms with Gasteiger partial charge in [0, 0.05) is 31.3 Å². The number of ketones is 1. The lowest BCUT2D eigenvalue weighted by molar-refractivity contribution is -0.188. The van der Waals surface area contributed by atoms with E-state index in [1.165, 1.54) is 19.1 Å². The summed E-state index contributed by atoms with van der Waals surface area (Å²) in [6, 6.07) is 13.2. The van der Waals surface area contributed by atoms with Crippen molar-refractivity contribution in [3.8, 4) is 0 Å². The van der Waals surface area contributed by atoms with E-state index in [0.29, 0.717) is 0 Å². The lowest BCUT2D eigenvalue weighted by atomic mass is 9.72. The molecule has 2 aromatic carbocycles. The summed E-state index contributed by atoms with van der Waals surface area (Å²) in [6.45, 7) is 4.49. The predicted molar refractivity (Wildman–Crippen MR) is 137 cm³/mol. The van der Waals surface area contributed by atoms with Crippen LogP contribution in [0.2, 0.25) is 0 Å². The Kier molecular flexibility index (Phi) is 7.24. The Morgan fingerprint density at radius 2 is 1.62 bits per heavy atom. The molecule has 1 atom stereocenters. The van der Waals surface area contributed by atoms with Crippen molar-refractivity contribution in [1.29, 1.82) is 0 Å². The van der Waals surface area contributed by atoms with Crippen molar-refractivity contribution in [2.75, 3.05) is 11.9 Å². The van der Waals surface area contributed by atoms with Gasteiger partial charge >= 0.3 is 6.18 Å². The molecule has 8 nitrogen and oxygen atoms in total. The summed E-state index contributed by atoms with van der Waals surface area (Å²) in [7, 11) is -4.97. The number of hydrogen-bond donors (Lipinski definition) is 2. The minimum atomic E-state index is -5.47. The second-order valence-corrected chi connectivity index (χ2v) is 12.2. The molecule has 2 amide bonds. The maximum atomic E-state index is 15.0. The van der Waals surface area contributed by atoms with Crippen molar-refractivity contribution < 1.29 is 36.0 Å². The van der Waals surface area contributed by atoms with Gasteiger partial charge in [-0.25, -0.2) is 8.42 Å². The van der Waals surface area contributed by atoms with Crippen molar-refractivity contribution >= 4 is 33.3 Å². The van der Waals surface area contributed by atoms with E-state index in [1.54, 1.807) is 48.9 Å². The number of benzene rings is 2. The standard InChI is InChI=1S/C27H28F3N3O5S/c1-17(34)31-19-9-11-20(12-10-19)39(37,38)32-26(27(28,29)30)23-21(15-25(2,3)16-22(23)35)33(24(26)36)14-13-18-7-5-4-6-8-18/h4-12,32H,13-16H2,1-3H3,(H,31,34). The number of carbonyl (C=O) groups is 3. The van der Waals surface area contributed by atoms with Crippen LogP contribution in [0, 0.1) is 5.41 Å². The Labute approximate surface area is 224 Å². The van der Waals surface area contributed by atoms with Crippen LogP contribution in [0.5, 0.6) is 0 Å². The van der Waals surface area contributed by atoms with E-state index in [-0.39, 0.29) is 37.2 Å². The molecule has 0 fully saturated rings. The molecule has 0 aromatic heterocycles. The van der Waals surface area contributed by atoms with Gasteiger partial charge < -0.3 is 10.2 Å². The fraction of sp³-hybridized carbons (Fsp3) is 0.370. The maximum Gasteiger partial charge on any atom is 0.421 e. The number of rotatable bonds is 7. The van der Waals surface area contributed by atoms with Gasteiger partial charge in [0.2, 0.25) is 21.5 Å². The first-order valence-electron chi connectivity index (χ1n) is 12.2. The summed E-state index contributed by atoms with van der Waals surface area (Å²) in [6.07, 6.45) is -5.56. The largest absolute Gasteiger partial charge is 0.421 e. The third-order valence-electron chi connectivity index (χ3n) is 6.78. The molecule has 0 saturated carbocycles. The van der Waals surface area contributed by atoms with Crippen LogP contribution in [0.3, 0.4) is 0 Å². The number of nitrogens with zero attached hydrogens (tertiary/aromatic N) is 1. The third-order valence-corrected chi connectivity index (χ3v) is 8.25. The highest BCUT2D eigenvalue weighted by atomic mass is 32.2. The molecular formula is C27H28F3N3O5S. The summed E-state index contributed by atoms with van der Waals surface area (Å²) in [4.78, 5) is 38.6. The van der Waals surface area contributed by atoms with Crippen LogP contribution in [0.4, 0.5) is 18.9 Å². The average Bonchev–Trinajstić information content (AvgIpc) is 3.05. The average molecular weight is 564 g/mol. The van der Waals surface area contributed by atoms with Gasteiger partial charge in [-0.3, -0.25) is 14.4 Å². The molecule has 4 rings (SSSR count).